The Labute approximate surface area is 165 Å². The van der Waals surface area contributed by atoms with Crippen LogP contribution in [0.5, 0.6) is 0 Å². The number of carbonyl (C=O) groups excluding carboxylic acids is 3. The maximum Gasteiger partial charge on any atom is 0.327 e. The van der Waals surface area contributed by atoms with E-state index in [-0.39, 0.29) is 12.5 Å². The van der Waals surface area contributed by atoms with Crippen LogP contribution in [0, 0.1) is 0 Å². The fourth-order valence-corrected chi connectivity index (χ4v) is 5.33. The number of hydrogen-bond acceptors (Lipinski definition) is 6. The monoisotopic (exact) mass is 404 g/mol. The number of nitrogens with one attached hydrogen (secondary N) is 1. The minimum absolute atomic E-state index is 0.247. The second kappa shape index (κ2) is 7.05. The number of thiazole rings is 1. The van der Waals surface area contributed by atoms with Gasteiger partial charge in [0.1, 0.15) is 12.1 Å². The topological polar surface area (TPSA) is 82.6 Å². The van der Waals surface area contributed by atoms with Crippen LogP contribution < -0.4 is 5.32 Å². The predicted octanol–water partition coefficient (Wildman–Crippen LogP) is 3.41. The number of rotatable bonds is 4. The van der Waals surface area contributed by atoms with Gasteiger partial charge in [-0.2, -0.15) is 0 Å². The van der Waals surface area contributed by atoms with Crippen LogP contribution in [0.15, 0.2) is 22.9 Å². The highest BCUT2D eigenvalue weighted by atomic mass is 32.1. The van der Waals surface area contributed by atoms with Crippen molar-refractivity contribution in [3.05, 3.63) is 22.9 Å². The van der Waals surface area contributed by atoms with E-state index in [9.17, 15) is 14.4 Å². The van der Waals surface area contributed by atoms with Gasteiger partial charge in [-0.15, -0.1) is 22.7 Å². The van der Waals surface area contributed by atoms with E-state index >= 15 is 0 Å². The number of thiophene rings is 1. The van der Waals surface area contributed by atoms with Crippen LogP contribution in [-0.2, 0) is 9.59 Å². The molecule has 0 radical (unpaired) electrons. The fraction of sp³-hybridized carbons (Fsp3) is 0.444. The van der Waals surface area contributed by atoms with E-state index in [0.717, 1.165) is 34.7 Å². The van der Waals surface area contributed by atoms with Crippen molar-refractivity contribution in [3.8, 4) is 10.6 Å². The van der Waals surface area contributed by atoms with E-state index in [0.29, 0.717) is 18.0 Å². The molecule has 4 amide bonds. The van der Waals surface area contributed by atoms with Gasteiger partial charge in [0.2, 0.25) is 5.91 Å². The summed E-state index contributed by atoms with van der Waals surface area (Å²) in [6.07, 6.45) is 4.27. The number of urea groups is 1. The largest absolute Gasteiger partial charge is 0.327 e. The Bertz CT molecular complexity index is 871. The summed E-state index contributed by atoms with van der Waals surface area (Å²) in [4.78, 5) is 46.0. The molecule has 0 atom stereocenters. The third-order valence-electron chi connectivity index (χ3n) is 5.31. The Kier molecular flexibility index (Phi) is 4.73. The maximum atomic E-state index is 12.9. The van der Waals surface area contributed by atoms with E-state index in [1.807, 2.05) is 22.9 Å². The zero-order chi connectivity index (χ0) is 19.0. The van der Waals surface area contributed by atoms with E-state index < -0.39 is 17.5 Å². The summed E-state index contributed by atoms with van der Waals surface area (Å²) in [5.41, 5.74) is 0.0443. The fourth-order valence-electron chi connectivity index (χ4n) is 3.84. The number of hydrogen-bond donors (Lipinski definition) is 1. The van der Waals surface area contributed by atoms with Gasteiger partial charge in [-0.05, 0) is 24.3 Å². The number of anilines is 1. The standard InChI is InChI=1S/C18H20N4O3S2/c1-21-17(25)22(15(24)18(21)7-3-2-4-8-18)10-14(23)20-16-19-12(11-27-16)13-6-5-9-26-13/h5-6,9,11H,2-4,7-8,10H2,1H3,(H,19,20,23). The number of aromatic nitrogens is 1. The molecule has 142 valence electrons. The third-order valence-corrected chi connectivity index (χ3v) is 6.96. The second-order valence-corrected chi connectivity index (χ2v) is 8.69. The minimum Gasteiger partial charge on any atom is -0.313 e. The van der Waals surface area contributed by atoms with Crippen molar-refractivity contribution in [1.82, 2.24) is 14.8 Å². The van der Waals surface area contributed by atoms with Crippen molar-refractivity contribution in [2.24, 2.45) is 0 Å². The van der Waals surface area contributed by atoms with Gasteiger partial charge in [0.15, 0.2) is 5.13 Å². The van der Waals surface area contributed by atoms with Crippen LogP contribution in [0.1, 0.15) is 32.1 Å². The van der Waals surface area contributed by atoms with Crippen molar-refractivity contribution in [2.45, 2.75) is 37.6 Å². The van der Waals surface area contributed by atoms with E-state index in [4.69, 9.17) is 0 Å². The quantitative estimate of drug-likeness (QED) is 0.792. The molecule has 3 heterocycles. The average molecular weight is 405 g/mol. The summed E-state index contributed by atoms with van der Waals surface area (Å²) in [6, 6.07) is 3.52. The number of amides is 4. The Morgan fingerprint density at radius 2 is 2.04 bits per heavy atom. The average Bonchev–Trinajstić information content (AvgIpc) is 3.39. The molecule has 2 aromatic heterocycles. The van der Waals surface area contributed by atoms with Gasteiger partial charge in [0.05, 0.1) is 10.6 Å². The number of likely N-dealkylation sites (N-methyl/N-ethyl adjacent to an activating group) is 1. The minimum atomic E-state index is -0.761. The van der Waals surface area contributed by atoms with E-state index in [2.05, 4.69) is 10.3 Å². The molecule has 9 heteroatoms. The molecule has 2 aliphatic rings. The normalized spacial score (nSPS) is 19.1. The molecule has 4 rings (SSSR count). The smallest absolute Gasteiger partial charge is 0.313 e. The molecule has 7 nitrogen and oxygen atoms in total. The second-order valence-electron chi connectivity index (χ2n) is 6.89. The first-order chi connectivity index (χ1) is 13.0. The Morgan fingerprint density at radius 3 is 2.74 bits per heavy atom. The van der Waals surface area contributed by atoms with Crippen LogP contribution in [0.4, 0.5) is 9.93 Å². The maximum absolute atomic E-state index is 12.9. The Morgan fingerprint density at radius 1 is 1.26 bits per heavy atom. The van der Waals surface area contributed by atoms with Crippen LogP contribution in [-0.4, -0.2) is 51.8 Å². The van der Waals surface area contributed by atoms with Gasteiger partial charge >= 0.3 is 6.03 Å². The van der Waals surface area contributed by atoms with Gasteiger partial charge in [0.25, 0.3) is 5.91 Å². The summed E-state index contributed by atoms with van der Waals surface area (Å²) < 4.78 is 0. The van der Waals surface area contributed by atoms with Crippen LogP contribution in [0.3, 0.4) is 0 Å². The van der Waals surface area contributed by atoms with Crippen molar-refractivity contribution in [2.75, 3.05) is 18.9 Å². The first kappa shape index (κ1) is 18.1. The SMILES string of the molecule is CN1C(=O)N(CC(=O)Nc2nc(-c3cccs3)cs2)C(=O)C12CCCCC2. The summed E-state index contributed by atoms with van der Waals surface area (Å²) in [6.45, 7) is -0.280. The number of imide groups is 1. The van der Waals surface area contributed by atoms with Crippen molar-refractivity contribution >= 4 is 45.7 Å². The molecule has 0 aromatic carbocycles. The van der Waals surface area contributed by atoms with Crippen LogP contribution in [0.25, 0.3) is 10.6 Å². The lowest BCUT2D eigenvalue weighted by Gasteiger charge is -2.35. The molecular formula is C18H20N4O3S2. The molecular weight excluding hydrogens is 384 g/mol. The molecule has 0 unspecified atom stereocenters. The van der Waals surface area contributed by atoms with E-state index in [1.54, 1.807) is 18.4 Å². The first-order valence-corrected chi connectivity index (χ1v) is 10.7. The van der Waals surface area contributed by atoms with Crippen molar-refractivity contribution < 1.29 is 14.4 Å². The van der Waals surface area contributed by atoms with Crippen molar-refractivity contribution in [3.63, 3.8) is 0 Å². The van der Waals surface area contributed by atoms with Gasteiger partial charge < -0.3 is 10.2 Å². The Hall–Kier alpha value is -2.26. The predicted molar refractivity (Wildman–Crippen MR) is 105 cm³/mol. The van der Waals surface area contributed by atoms with Crippen molar-refractivity contribution in [1.29, 1.82) is 0 Å². The molecule has 2 aromatic rings. The van der Waals surface area contributed by atoms with Crippen LogP contribution in [0.2, 0.25) is 0 Å². The third kappa shape index (κ3) is 3.14. The van der Waals surface area contributed by atoms with Gasteiger partial charge in [-0.1, -0.05) is 25.3 Å². The number of carbonyl (C=O) groups is 3. The highest BCUT2D eigenvalue weighted by molar-refractivity contribution is 7.16. The molecule has 0 bridgehead atoms. The zero-order valence-electron chi connectivity index (χ0n) is 14.9. The van der Waals surface area contributed by atoms with Gasteiger partial charge in [-0.3, -0.25) is 14.5 Å². The highest BCUT2D eigenvalue weighted by Gasteiger charge is 2.55. The van der Waals surface area contributed by atoms with Crippen LogP contribution >= 0.6 is 22.7 Å². The number of nitrogens with zero attached hydrogens (tertiary/aromatic N) is 3. The summed E-state index contributed by atoms with van der Waals surface area (Å²) in [7, 11) is 1.66. The molecule has 2 fully saturated rings. The lowest BCUT2D eigenvalue weighted by atomic mass is 9.81. The van der Waals surface area contributed by atoms with Gasteiger partial charge in [-0.25, -0.2) is 9.78 Å². The zero-order valence-corrected chi connectivity index (χ0v) is 16.6. The Balaban J connectivity index is 1.43. The lowest BCUT2D eigenvalue weighted by Crippen LogP contribution is -2.49. The summed E-state index contributed by atoms with van der Waals surface area (Å²) >= 11 is 2.90. The van der Waals surface area contributed by atoms with Gasteiger partial charge in [0, 0.05) is 12.4 Å². The lowest BCUT2D eigenvalue weighted by molar-refractivity contribution is -0.136. The molecule has 1 saturated carbocycles. The highest BCUT2D eigenvalue weighted by Crippen LogP contribution is 2.39. The summed E-state index contributed by atoms with van der Waals surface area (Å²) in [5, 5.41) is 7.01. The molecule has 1 aliphatic carbocycles. The molecule has 1 aliphatic heterocycles. The molecule has 27 heavy (non-hydrogen) atoms. The van der Waals surface area contributed by atoms with E-state index in [1.165, 1.54) is 16.2 Å². The first-order valence-electron chi connectivity index (χ1n) is 8.90. The molecule has 1 spiro atoms. The summed E-state index contributed by atoms with van der Waals surface area (Å²) in [5.74, 6) is -0.659. The molecule has 1 N–H and O–H groups in total. The molecule has 1 saturated heterocycles.